The predicted octanol–water partition coefficient (Wildman–Crippen LogP) is 1.81. The van der Waals surface area contributed by atoms with E-state index < -0.39 is 10.0 Å². The molecule has 0 bridgehead atoms. The second-order valence-electron chi connectivity index (χ2n) is 4.30. The summed E-state index contributed by atoms with van der Waals surface area (Å²) in [6.07, 6.45) is 1.34. The van der Waals surface area contributed by atoms with Gasteiger partial charge in [-0.3, -0.25) is 0 Å². The number of methoxy groups -OCH3 is 1. The fraction of sp³-hybridized carbons (Fsp3) is 0.500. The van der Waals surface area contributed by atoms with Gasteiger partial charge in [0.2, 0.25) is 10.0 Å². The van der Waals surface area contributed by atoms with Crippen LogP contribution in [-0.2, 0) is 14.8 Å². The maximum absolute atomic E-state index is 12.3. The average Bonchev–Trinajstić information content (AvgIpc) is 2.39. The molecule has 1 N–H and O–H groups in total. The molecule has 7 heteroatoms. The van der Waals surface area contributed by atoms with Gasteiger partial charge in [-0.1, -0.05) is 11.6 Å². The van der Waals surface area contributed by atoms with Gasteiger partial charge in [0.05, 0.1) is 7.11 Å². The molecular formula is C12H16ClNO4S. The van der Waals surface area contributed by atoms with Gasteiger partial charge in [-0.2, -0.15) is 0 Å². The molecule has 0 aliphatic carbocycles. The SMILES string of the molecule is COc1ccc(Cl)cc1S(=O)(=O)NC1CCOCC1. The summed E-state index contributed by atoms with van der Waals surface area (Å²) >= 11 is 5.85. The lowest BCUT2D eigenvalue weighted by molar-refractivity contribution is 0.0832. The van der Waals surface area contributed by atoms with Crippen molar-refractivity contribution < 1.29 is 17.9 Å². The molecule has 1 aliphatic rings. The molecule has 19 heavy (non-hydrogen) atoms. The quantitative estimate of drug-likeness (QED) is 0.921. The number of nitrogens with one attached hydrogen (secondary N) is 1. The highest BCUT2D eigenvalue weighted by atomic mass is 35.5. The zero-order valence-corrected chi connectivity index (χ0v) is 12.1. The van der Waals surface area contributed by atoms with Crippen molar-refractivity contribution in [3.05, 3.63) is 23.2 Å². The van der Waals surface area contributed by atoms with E-state index in [1.807, 2.05) is 0 Å². The molecule has 1 aromatic rings. The van der Waals surface area contributed by atoms with Crippen molar-refractivity contribution in [1.82, 2.24) is 4.72 Å². The average molecular weight is 306 g/mol. The van der Waals surface area contributed by atoms with Crippen LogP contribution in [0.25, 0.3) is 0 Å². The first kappa shape index (κ1) is 14.6. The number of benzene rings is 1. The Balaban J connectivity index is 2.25. The lowest BCUT2D eigenvalue weighted by atomic mass is 10.1. The molecule has 1 fully saturated rings. The van der Waals surface area contributed by atoms with Crippen molar-refractivity contribution in [3.8, 4) is 5.75 Å². The Kier molecular flexibility index (Phi) is 4.67. The van der Waals surface area contributed by atoms with Crippen LogP contribution >= 0.6 is 11.6 Å². The summed E-state index contributed by atoms with van der Waals surface area (Å²) < 4.78 is 37.6. The molecule has 0 spiro atoms. The number of ether oxygens (including phenoxy) is 2. The van der Waals surface area contributed by atoms with Crippen LogP contribution in [0.4, 0.5) is 0 Å². The van der Waals surface area contributed by atoms with Crippen molar-refractivity contribution in [2.45, 2.75) is 23.8 Å². The Morgan fingerprint density at radius 3 is 2.68 bits per heavy atom. The molecule has 0 radical (unpaired) electrons. The number of sulfonamides is 1. The minimum Gasteiger partial charge on any atom is -0.495 e. The number of hydrogen-bond donors (Lipinski definition) is 1. The van der Waals surface area contributed by atoms with E-state index >= 15 is 0 Å². The van der Waals surface area contributed by atoms with Gasteiger partial charge in [0, 0.05) is 24.3 Å². The molecule has 2 rings (SSSR count). The fourth-order valence-electron chi connectivity index (χ4n) is 1.96. The van der Waals surface area contributed by atoms with Crippen LogP contribution in [0.5, 0.6) is 5.75 Å². The highest BCUT2D eigenvalue weighted by molar-refractivity contribution is 7.89. The Hall–Kier alpha value is -0.820. The molecule has 5 nitrogen and oxygen atoms in total. The van der Waals surface area contributed by atoms with E-state index in [0.29, 0.717) is 31.1 Å². The minimum absolute atomic E-state index is 0.0639. The fourth-order valence-corrected chi connectivity index (χ4v) is 3.70. The van der Waals surface area contributed by atoms with E-state index in [1.54, 1.807) is 12.1 Å². The normalized spacial score (nSPS) is 17.4. The highest BCUT2D eigenvalue weighted by Gasteiger charge is 2.25. The van der Waals surface area contributed by atoms with E-state index in [4.69, 9.17) is 21.1 Å². The van der Waals surface area contributed by atoms with E-state index in [2.05, 4.69) is 4.72 Å². The van der Waals surface area contributed by atoms with E-state index in [-0.39, 0.29) is 16.7 Å². The maximum Gasteiger partial charge on any atom is 0.244 e. The van der Waals surface area contributed by atoms with Gasteiger partial charge in [-0.25, -0.2) is 13.1 Å². The Bertz CT molecular complexity index is 541. The molecule has 0 amide bonds. The van der Waals surface area contributed by atoms with Crippen molar-refractivity contribution in [2.75, 3.05) is 20.3 Å². The summed E-state index contributed by atoms with van der Waals surface area (Å²) in [4.78, 5) is 0.0639. The third-order valence-electron chi connectivity index (χ3n) is 2.96. The zero-order chi connectivity index (χ0) is 13.9. The van der Waals surface area contributed by atoms with Gasteiger partial charge < -0.3 is 9.47 Å². The molecule has 0 unspecified atom stereocenters. The lowest BCUT2D eigenvalue weighted by Gasteiger charge is -2.23. The molecule has 1 aliphatic heterocycles. The summed E-state index contributed by atoms with van der Waals surface area (Å²) in [6.45, 7) is 1.14. The zero-order valence-electron chi connectivity index (χ0n) is 10.6. The van der Waals surface area contributed by atoms with Crippen molar-refractivity contribution in [3.63, 3.8) is 0 Å². The Morgan fingerprint density at radius 2 is 2.05 bits per heavy atom. The van der Waals surface area contributed by atoms with Gasteiger partial charge in [0.1, 0.15) is 10.6 Å². The lowest BCUT2D eigenvalue weighted by Crippen LogP contribution is -2.38. The summed E-state index contributed by atoms with van der Waals surface area (Å²) in [5, 5.41) is 0.355. The van der Waals surface area contributed by atoms with Gasteiger partial charge in [-0.15, -0.1) is 0 Å². The van der Waals surface area contributed by atoms with Gasteiger partial charge in [-0.05, 0) is 31.0 Å². The summed E-state index contributed by atoms with van der Waals surface area (Å²) in [5.41, 5.74) is 0. The van der Waals surface area contributed by atoms with Crippen LogP contribution in [0.3, 0.4) is 0 Å². The van der Waals surface area contributed by atoms with Crippen LogP contribution in [0.15, 0.2) is 23.1 Å². The largest absolute Gasteiger partial charge is 0.495 e. The molecular weight excluding hydrogens is 290 g/mol. The predicted molar refractivity (Wildman–Crippen MR) is 72.2 cm³/mol. The second kappa shape index (κ2) is 6.09. The van der Waals surface area contributed by atoms with Crippen LogP contribution in [0.2, 0.25) is 5.02 Å². The van der Waals surface area contributed by atoms with Crippen LogP contribution in [-0.4, -0.2) is 34.8 Å². The summed E-state index contributed by atoms with van der Waals surface area (Å²) in [5.74, 6) is 0.281. The first-order valence-corrected chi connectivity index (χ1v) is 7.82. The molecule has 0 atom stereocenters. The van der Waals surface area contributed by atoms with Crippen LogP contribution < -0.4 is 9.46 Å². The van der Waals surface area contributed by atoms with Crippen molar-refractivity contribution >= 4 is 21.6 Å². The van der Waals surface area contributed by atoms with Crippen LogP contribution in [0, 0.1) is 0 Å². The molecule has 1 saturated heterocycles. The van der Waals surface area contributed by atoms with Crippen molar-refractivity contribution in [2.24, 2.45) is 0 Å². The molecule has 1 aromatic carbocycles. The number of rotatable bonds is 4. The first-order valence-electron chi connectivity index (χ1n) is 5.96. The van der Waals surface area contributed by atoms with Gasteiger partial charge >= 0.3 is 0 Å². The Labute approximate surface area is 117 Å². The number of hydrogen-bond acceptors (Lipinski definition) is 4. The Morgan fingerprint density at radius 1 is 1.37 bits per heavy atom. The van der Waals surface area contributed by atoms with Crippen molar-refractivity contribution in [1.29, 1.82) is 0 Å². The molecule has 1 heterocycles. The summed E-state index contributed by atoms with van der Waals surface area (Å²) in [6, 6.07) is 4.42. The topological polar surface area (TPSA) is 64.6 Å². The first-order chi connectivity index (χ1) is 9.03. The molecule has 0 saturated carbocycles. The maximum atomic E-state index is 12.3. The van der Waals surface area contributed by atoms with E-state index in [0.717, 1.165) is 0 Å². The number of halogens is 1. The van der Waals surface area contributed by atoms with E-state index in [9.17, 15) is 8.42 Å². The van der Waals surface area contributed by atoms with Gasteiger partial charge in [0.25, 0.3) is 0 Å². The third-order valence-corrected chi connectivity index (χ3v) is 4.74. The van der Waals surface area contributed by atoms with Crippen LogP contribution in [0.1, 0.15) is 12.8 Å². The molecule has 0 aromatic heterocycles. The second-order valence-corrected chi connectivity index (χ2v) is 6.42. The smallest absolute Gasteiger partial charge is 0.244 e. The summed E-state index contributed by atoms with van der Waals surface area (Å²) in [7, 11) is -2.21. The molecule has 106 valence electrons. The third kappa shape index (κ3) is 3.60. The highest BCUT2D eigenvalue weighted by Crippen LogP contribution is 2.27. The monoisotopic (exact) mass is 305 g/mol. The minimum atomic E-state index is -3.64. The standard InChI is InChI=1S/C12H16ClNO4S/c1-17-11-3-2-9(13)8-12(11)19(15,16)14-10-4-6-18-7-5-10/h2-3,8,10,14H,4-7H2,1H3. The van der Waals surface area contributed by atoms with E-state index in [1.165, 1.54) is 13.2 Å². The van der Waals surface area contributed by atoms with Gasteiger partial charge in [0.15, 0.2) is 0 Å².